The van der Waals surface area contributed by atoms with Crippen molar-refractivity contribution >= 4 is 6.03 Å². The lowest BCUT2D eigenvalue weighted by molar-refractivity contribution is 0.238. The summed E-state index contributed by atoms with van der Waals surface area (Å²) in [5.41, 5.74) is 1.41. The Morgan fingerprint density at radius 1 is 1.25 bits per heavy atom. The van der Waals surface area contributed by atoms with Crippen LogP contribution in [0.25, 0.3) is 0 Å². The summed E-state index contributed by atoms with van der Waals surface area (Å²) in [6.07, 6.45) is 2.26. The molecule has 0 aromatic heterocycles. The number of ether oxygens (including phenoxy) is 1. The summed E-state index contributed by atoms with van der Waals surface area (Å²) in [7, 11) is 1.67. The van der Waals surface area contributed by atoms with Crippen molar-refractivity contribution in [2.45, 2.75) is 32.1 Å². The van der Waals surface area contributed by atoms with Gasteiger partial charge in [0.1, 0.15) is 5.75 Å². The van der Waals surface area contributed by atoms with Crippen molar-refractivity contribution in [2.24, 2.45) is 5.92 Å². The van der Waals surface area contributed by atoms with Gasteiger partial charge in [0.15, 0.2) is 0 Å². The van der Waals surface area contributed by atoms with Gasteiger partial charge in [0, 0.05) is 18.5 Å². The van der Waals surface area contributed by atoms with Crippen molar-refractivity contribution in [1.82, 2.24) is 10.6 Å². The molecule has 2 N–H and O–H groups in total. The van der Waals surface area contributed by atoms with Crippen LogP contribution in [0, 0.1) is 5.92 Å². The summed E-state index contributed by atoms with van der Waals surface area (Å²) >= 11 is 0. The summed E-state index contributed by atoms with van der Waals surface area (Å²) in [5, 5.41) is 5.87. The normalized spacial score (nSPS) is 15.8. The number of amides is 2. The Kier molecular flexibility index (Phi) is 4.53. The molecule has 0 heterocycles. The highest BCUT2D eigenvalue weighted by Gasteiger charge is 2.44. The molecular weight excluding hydrogens is 252 g/mol. The predicted octanol–water partition coefficient (Wildman–Crippen LogP) is 2.68. The van der Waals surface area contributed by atoms with E-state index in [2.05, 4.69) is 36.6 Å². The smallest absolute Gasteiger partial charge is 0.314 e. The van der Waals surface area contributed by atoms with E-state index in [0.29, 0.717) is 19.0 Å². The van der Waals surface area contributed by atoms with E-state index < -0.39 is 0 Å². The van der Waals surface area contributed by atoms with Gasteiger partial charge in [0.2, 0.25) is 0 Å². The van der Waals surface area contributed by atoms with Crippen LogP contribution in [-0.2, 0) is 5.41 Å². The van der Waals surface area contributed by atoms with E-state index in [-0.39, 0.29) is 11.4 Å². The standard InChI is InChI=1S/C16H24N2O2/c1-12(2)10-17-15(19)18-11-16(8-9-16)13-4-6-14(20-3)7-5-13/h4-7,12H,8-11H2,1-3H3,(H2,17,18,19). The van der Waals surface area contributed by atoms with Gasteiger partial charge >= 0.3 is 6.03 Å². The van der Waals surface area contributed by atoms with Crippen molar-refractivity contribution in [3.8, 4) is 5.75 Å². The molecule has 2 rings (SSSR count). The number of benzene rings is 1. The number of hydrogen-bond acceptors (Lipinski definition) is 2. The first-order valence-electron chi connectivity index (χ1n) is 7.22. The van der Waals surface area contributed by atoms with Crippen LogP contribution in [0.1, 0.15) is 32.3 Å². The molecule has 0 unspecified atom stereocenters. The van der Waals surface area contributed by atoms with Gasteiger partial charge in [0.05, 0.1) is 7.11 Å². The molecule has 1 aromatic rings. The first-order valence-corrected chi connectivity index (χ1v) is 7.22. The summed E-state index contributed by atoms with van der Waals surface area (Å²) in [6, 6.07) is 8.08. The fourth-order valence-corrected chi connectivity index (χ4v) is 2.27. The van der Waals surface area contributed by atoms with Crippen molar-refractivity contribution in [3.05, 3.63) is 29.8 Å². The zero-order valence-corrected chi connectivity index (χ0v) is 12.5. The fourth-order valence-electron chi connectivity index (χ4n) is 2.27. The zero-order chi connectivity index (χ0) is 14.6. The van der Waals surface area contributed by atoms with Crippen LogP contribution in [0.5, 0.6) is 5.75 Å². The van der Waals surface area contributed by atoms with Crippen molar-refractivity contribution in [3.63, 3.8) is 0 Å². The third kappa shape index (κ3) is 3.65. The topological polar surface area (TPSA) is 50.4 Å². The van der Waals surface area contributed by atoms with Gasteiger partial charge in [-0.05, 0) is 36.5 Å². The molecule has 4 heteroatoms. The van der Waals surface area contributed by atoms with Crippen LogP contribution >= 0.6 is 0 Å². The van der Waals surface area contributed by atoms with Gasteiger partial charge < -0.3 is 15.4 Å². The molecule has 0 saturated heterocycles. The number of carbonyl (C=O) groups is 1. The van der Waals surface area contributed by atoms with E-state index in [1.54, 1.807) is 7.11 Å². The molecule has 2 amide bonds. The van der Waals surface area contributed by atoms with E-state index >= 15 is 0 Å². The minimum Gasteiger partial charge on any atom is -0.497 e. The minimum atomic E-state index is -0.0708. The van der Waals surface area contributed by atoms with E-state index in [1.165, 1.54) is 5.56 Å². The second kappa shape index (κ2) is 6.16. The summed E-state index contributed by atoms with van der Waals surface area (Å²) in [5.74, 6) is 1.34. The van der Waals surface area contributed by atoms with Gasteiger partial charge in [-0.15, -0.1) is 0 Å². The Balaban J connectivity index is 1.86. The molecule has 0 bridgehead atoms. The minimum absolute atomic E-state index is 0.0708. The third-order valence-electron chi connectivity index (χ3n) is 3.81. The molecule has 0 aliphatic heterocycles. The molecular formula is C16H24N2O2. The fraction of sp³-hybridized carbons (Fsp3) is 0.562. The van der Waals surface area contributed by atoms with E-state index in [1.807, 2.05) is 12.1 Å². The molecule has 0 radical (unpaired) electrons. The maximum atomic E-state index is 11.7. The summed E-state index contributed by atoms with van der Waals surface area (Å²) < 4.78 is 5.18. The molecule has 110 valence electrons. The highest BCUT2D eigenvalue weighted by molar-refractivity contribution is 5.74. The Labute approximate surface area is 120 Å². The maximum absolute atomic E-state index is 11.7. The predicted molar refractivity (Wildman–Crippen MR) is 80.1 cm³/mol. The van der Waals surface area contributed by atoms with Crippen LogP contribution in [-0.4, -0.2) is 26.2 Å². The maximum Gasteiger partial charge on any atom is 0.314 e. The molecule has 0 atom stereocenters. The number of rotatable bonds is 6. The van der Waals surface area contributed by atoms with Crippen LogP contribution in [0.15, 0.2) is 24.3 Å². The monoisotopic (exact) mass is 276 g/mol. The van der Waals surface area contributed by atoms with Crippen molar-refractivity contribution in [2.75, 3.05) is 20.2 Å². The van der Waals surface area contributed by atoms with Crippen LogP contribution in [0.3, 0.4) is 0 Å². The first kappa shape index (κ1) is 14.7. The molecule has 0 spiro atoms. The zero-order valence-electron chi connectivity index (χ0n) is 12.5. The van der Waals surface area contributed by atoms with Gasteiger partial charge in [-0.1, -0.05) is 26.0 Å². The molecule has 1 fully saturated rings. The average molecular weight is 276 g/mol. The SMILES string of the molecule is COc1ccc(C2(CNC(=O)NCC(C)C)CC2)cc1. The third-order valence-corrected chi connectivity index (χ3v) is 3.81. The highest BCUT2D eigenvalue weighted by atomic mass is 16.5. The van der Waals surface area contributed by atoms with Crippen LogP contribution < -0.4 is 15.4 Å². The molecule has 20 heavy (non-hydrogen) atoms. The lowest BCUT2D eigenvalue weighted by atomic mass is 9.96. The molecule has 1 aliphatic rings. The molecule has 1 saturated carbocycles. The van der Waals surface area contributed by atoms with E-state index in [9.17, 15) is 4.79 Å². The van der Waals surface area contributed by atoms with E-state index in [0.717, 1.165) is 18.6 Å². The quantitative estimate of drug-likeness (QED) is 0.839. The lowest BCUT2D eigenvalue weighted by Crippen LogP contribution is -2.41. The number of carbonyl (C=O) groups excluding carboxylic acids is 1. The van der Waals surface area contributed by atoms with Gasteiger partial charge in [-0.2, -0.15) is 0 Å². The van der Waals surface area contributed by atoms with Gasteiger partial charge in [0.25, 0.3) is 0 Å². The largest absolute Gasteiger partial charge is 0.497 e. The molecule has 1 aliphatic carbocycles. The number of urea groups is 1. The van der Waals surface area contributed by atoms with Crippen LogP contribution in [0.4, 0.5) is 4.79 Å². The highest BCUT2D eigenvalue weighted by Crippen LogP contribution is 2.47. The van der Waals surface area contributed by atoms with Gasteiger partial charge in [-0.3, -0.25) is 0 Å². The summed E-state index contributed by atoms with van der Waals surface area (Å²) in [4.78, 5) is 11.7. The Bertz CT molecular complexity index is 450. The Morgan fingerprint density at radius 2 is 1.90 bits per heavy atom. The van der Waals surface area contributed by atoms with Crippen molar-refractivity contribution < 1.29 is 9.53 Å². The molecule has 1 aromatic carbocycles. The second-order valence-corrected chi connectivity index (χ2v) is 5.97. The van der Waals surface area contributed by atoms with Crippen molar-refractivity contribution in [1.29, 1.82) is 0 Å². The number of nitrogens with one attached hydrogen (secondary N) is 2. The second-order valence-electron chi connectivity index (χ2n) is 5.97. The lowest BCUT2D eigenvalue weighted by Gasteiger charge is -2.17. The summed E-state index contributed by atoms with van der Waals surface area (Å²) in [6.45, 7) is 5.57. The van der Waals surface area contributed by atoms with Crippen LogP contribution in [0.2, 0.25) is 0 Å². The number of hydrogen-bond donors (Lipinski definition) is 2. The average Bonchev–Trinajstić information content (AvgIpc) is 3.24. The van der Waals surface area contributed by atoms with E-state index in [4.69, 9.17) is 4.74 Å². The molecule has 4 nitrogen and oxygen atoms in total. The Morgan fingerprint density at radius 3 is 2.40 bits per heavy atom. The van der Waals surface area contributed by atoms with Gasteiger partial charge in [-0.25, -0.2) is 4.79 Å². The number of methoxy groups -OCH3 is 1. The first-order chi connectivity index (χ1) is 9.55. The Hall–Kier alpha value is -1.71.